The Hall–Kier alpha value is -1.81. The number of aryl methyl sites for hydroxylation is 2. The first-order chi connectivity index (χ1) is 9.78. The third kappa shape index (κ3) is 2.56. The fourth-order valence-corrected chi connectivity index (χ4v) is 2.81. The molecular formula is C16H21N3O. The van der Waals surface area contributed by atoms with Crippen LogP contribution in [-0.4, -0.2) is 9.55 Å². The summed E-state index contributed by atoms with van der Waals surface area (Å²) in [5, 5.41) is 0. The van der Waals surface area contributed by atoms with Crippen molar-refractivity contribution >= 4 is 0 Å². The van der Waals surface area contributed by atoms with Crippen molar-refractivity contribution in [3.05, 3.63) is 47.5 Å². The molecule has 0 aliphatic heterocycles. The molecule has 2 aromatic rings. The van der Waals surface area contributed by atoms with Gasteiger partial charge in [-0.2, -0.15) is 0 Å². The van der Waals surface area contributed by atoms with Crippen LogP contribution < -0.4 is 10.5 Å². The monoisotopic (exact) mass is 271 g/mol. The van der Waals surface area contributed by atoms with Crippen molar-refractivity contribution in [1.82, 2.24) is 9.55 Å². The molecular weight excluding hydrogens is 250 g/mol. The van der Waals surface area contributed by atoms with Crippen LogP contribution >= 0.6 is 0 Å². The quantitative estimate of drug-likeness (QED) is 0.930. The zero-order valence-electron chi connectivity index (χ0n) is 11.9. The number of hydrogen-bond acceptors (Lipinski definition) is 3. The number of imidazole rings is 1. The first-order valence-electron chi connectivity index (χ1n) is 7.28. The Labute approximate surface area is 119 Å². The molecule has 0 saturated heterocycles. The highest BCUT2D eigenvalue weighted by Crippen LogP contribution is 2.31. The number of benzene rings is 1. The summed E-state index contributed by atoms with van der Waals surface area (Å²) < 4.78 is 7.98. The molecule has 1 atom stereocenters. The van der Waals surface area contributed by atoms with E-state index < -0.39 is 0 Å². The summed E-state index contributed by atoms with van der Waals surface area (Å²) in [5.74, 6) is 0.893. The van der Waals surface area contributed by atoms with Gasteiger partial charge < -0.3 is 15.0 Å². The number of aromatic nitrogens is 2. The van der Waals surface area contributed by atoms with Gasteiger partial charge in [0, 0.05) is 12.6 Å². The number of fused-ring (bicyclic) bond motifs is 1. The zero-order valence-corrected chi connectivity index (χ0v) is 11.9. The Morgan fingerprint density at radius 2 is 2.35 bits per heavy atom. The lowest BCUT2D eigenvalue weighted by molar-refractivity contribution is 0.294. The maximum Gasteiger partial charge on any atom is 0.130 e. The first kappa shape index (κ1) is 13.2. The molecule has 1 aliphatic carbocycles. The van der Waals surface area contributed by atoms with Crippen molar-refractivity contribution in [2.24, 2.45) is 5.73 Å². The molecule has 1 aromatic heterocycles. The van der Waals surface area contributed by atoms with Crippen LogP contribution in [0.5, 0.6) is 5.75 Å². The van der Waals surface area contributed by atoms with Crippen LogP contribution in [0.2, 0.25) is 0 Å². The molecule has 3 rings (SSSR count). The minimum atomic E-state index is 0.156. The summed E-state index contributed by atoms with van der Waals surface area (Å²) >= 11 is 0. The van der Waals surface area contributed by atoms with E-state index in [4.69, 9.17) is 10.5 Å². The smallest absolute Gasteiger partial charge is 0.130 e. The normalized spacial score (nSPS) is 17.8. The Morgan fingerprint density at radius 1 is 1.45 bits per heavy atom. The van der Waals surface area contributed by atoms with Crippen LogP contribution in [0.3, 0.4) is 0 Å². The average molecular weight is 271 g/mol. The van der Waals surface area contributed by atoms with Gasteiger partial charge in [-0.3, -0.25) is 0 Å². The highest BCUT2D eigenvalue weighted by molar-refractivity contribution is 5.39. The van der Waals surface area contributed by atoms with Crippen LogP contribution in [0.15, 0.2) is 30.7 Å². The van der Waals surface area contributed by atoms with Gasteiger partial charge in [0.1, 0.15) is 12.4 Å². The van der Waals surface area contributed by atoms with Crippen LogP contribution in [0.1, 0.15) is 42.6 Å². The summed E-state index contributed by atoms with van der Waals surface area (Å²) in [6.45, 7) is 3.55. The van der Waals surface area contributed by atoms with Crippen molar-refractivity contribution in [2.75, 3.05) is 0 Å². The standard InChI is InChI=1S/C16H21N3O/c1-2-19-11-18-9-13(19)10-20-14-7-6-12-4-3-5-16(17)15(12)8-14/h6-9,11,16H,2-5,10,17H2,1H3/t16-/m0/s1. The number of ether oxygens (including phenoxy) is 1. The maximum absolute atomic E-state index is 6.18. The molecule has 1 heterocycles. The van der Waals surface area contributed by atoms with E-state index >= 15 is 0 Å². The predicted octanol–water partition coefficient (Wildman–Crippen LogP) is 2.82. The van der Waals surface area contributed by atoms with Gasteiger partial charge in [-0.1, -0.05) is 6.07 Å². The lowest BCUT2D eigenvalue weighted by Gasteiger charge is -2.22. The largest absolute Gasteiger partial charge is 0.487 e. The lowest BCUT2D eigenvalue weighted by atomic mass is 9.88. The van der Waals surface area contributed by atoms with Gasteiger partial charge in [-0.05, 0) is 49.4 Å². The molecule has 0 unspecified atom stereocenters. The Bertz CT molecular complexity index is 591. The maximum atomic E-state index is 6.18. The molecule has 4 heteroatoms. The first-order valence-corrected chi connectivity index (χ1v) is 7.28. The van der Waals surface area contributed by atoms with Crippen molar-refractivity contribution in [2.45, 2.75) is 45.4 Å². The molecule has 1 aliphatic rings. The lowest BCUT2D eigenvalue weighted by Crippen LogP contribution is -2.17. The molecule has 20 heavy (non-hydrogen) atoms. The van der Waals surface area contributed by atoms with Crippen molar-refractivity contribution in [1.29, 1.82) is 0 Å². The van der Waals surface area contributed by atoms with E-state index in [0.29, 0.717) is 6.61 Å². The predicted molar refractivity (Wildman–Crippen MR) is 78.5 cm³/mol. The second-order valence-electron chi connectivity index (χ2n) is 5.32. The Kier molecular flexibility index (Phi) is 3.74. The summed E-state index contributed by atoms with van der Waals surface area (Å²) in [4.78, 5) is 4.15. The van der Waals surface area contributed by atoms with E-state index in [9.17, 15) is 0 Å². The fourth-order valence-electron chi connectivity index (χ4n) is 2.81. The zero-order chi connectivity index (χ0) is 13.9. The second-order valence-corrected chi connectivity index (χ2v) is 5.32. The Morgan fingerprint density at radius 3 is 3.20 bits per heavy atom. The second kappa shape index (κ2) is 5.67. The number of rotatable bonds is 4. The molecule has 106 valence electrons. The SMILES string of the molecule is CCn1cncc1COc1ccc2c(c1)[C@@H](N)CCC2. The topological polar surface area (TPSA) is 53.1 Å². The van der Waals surface area contributed by atoms with E-state index in [1.165, 1.54) is 17.5 Å². The van der Waals surface area contributed by atoms with E-state index in [2.05, 4.69) is 28.6 Å². The van der Waals surface area contributed by atoms with Crippen molar-refractivity contribution < 1.29 is 4.74 Å². The molecule has 0 spiro atoms. The van der Waals surface area contributed by atoms with E-state index in [1.807, 2.05) is 18.6 Å². The number of nitrogens with two attached hydrogens (primary N) is 1. The third-order valence-electron chi connectivity index (χ3n) is 4.00. The van der Waals surface area contributed by atoms with Gasteiger partial charge in [0.25, 0.3) is 0 Å². The Balaban J connectivity index is 1.73. The van der Waals surface area contributed by atoms with E-state index in [1.54, 1.807) is 0 Å². The van der Waals surface area contributed by atoms with Gasteiger partial charge >= 0.3 is 0 Å². The summed E-state index contributed by atoms with van der Waals surface area (Å²) in [6.07, 6.45) is 7.07. The van der Waals surface area contributed by atoms with Crippen LogP contribution in [0, 0.1) is 0 Å². The molecule has 2 N–H and O–H groups in total. The van der Waals surface area contributed by atoms with Gasteiger partial charge in [-0.15, -0.1) is 0 Å². The van der Waals surface area contributed by atoms with Crippen molar-refractivity contribution in [3.63, 3.8) is 0 Å². The number of hydrogen-bond donors (Lipinski definition) is 1. The molecule has 1 aromatic carbocycles. The van der Waals surface area contributed by atoms with E-state index in [-0.39, 0.29) is 6.04 Å². The minimum absolute atomic E-state index is 0.156. The average Bonchev–Trinajstić information content (AvgIpc) is 2.93. The highest BCUT2D eigenvalue weighted by Gasteiger charge is 2.17. The van der Waals surface area contributed by atoms with Crippen molar-refractivity contribution in [3.8, 4) is 5.75 Å². The van der Waals surface area contributed by atoms with Gasteiger partial charge in [-0.25, -0.2) is 4.98 Å². The van der Waals surface area contributed by atoms with Gasteiger partial charge in [0.05, 0.1) is 18.2 Å². The van der Waals surface area contributed by atoms with E-state index in [0.717, 1.165) is 30.8 Å². The third-order valence-corrected chi connectivity index (χ3v) is 4.00. The molecule has 4 nitrogen and oxygen atoms in total. The molecule has 0 saturated carbocycles. The molecule has 0 radical (unpaired) electrons. The van der Waals surface area contributed by atoms with Crippen LogP contribution in [0.4, 0.5) is 0 Å². The molecule has 0 fully saturated rings. The van der Waals surface area contributed by atoms with Crippen LogP contribution in [-0.2, 0) is 19.6 Å². The summed E-state index contributed by atoms with van der Waals surface area (Å²) in [7, 11) is 0. The summed E-state index contributed by atoms with van der Waals surface area (Å²) in [6, 6.07) is 6.46. The number of nitrogens with zero attached hydrogens (tertiary/aromatic N) is 2. The molecule has 0 bridgehead atoms. The van der Waals surface area contributed by atoms with Crippen LogP contribution in [0.25, 0.3) is 0 Å². The van der Waals surface area contributed by atoms with Gasteiger partial charge in [0.2, 0.25) is 0 Å². The highest BCUT2D eigenvalue weighted by atomic mass is 16.5. The minimum Gasteiger partial charge on any atom is -0.487 e. The van der Waals surface area contributed by atoms with Gasteiger partial charge in [0.15, 0.2) is 0 Å². The molecule has 0 amide bonds. The fraction of sp³-hybridized carbons (Fsp3) is 0.438. The summed E-state index contributed by atoms with van der Waals surface area (Å²) in [5.41, 5.74) is 9.89.